The number of likely N-dealkylation sites (tertiary alicyclic amines) is 1. The van der Waals surface area contributed by atoms with Crippen LogP contribution >= 0.6 is 0 Å². The zero-order valence-electron chi connectivity index (χ0n) is 9.19. The maximum atomic E-state index is 10.7. The number of carbonyl (C=O) groups is 1. The van der Waals surface area contributed by atoms with Gasteiger partial charge >= 0.3 is 5.97 Å². The lowest BCUT2D eigenvalue weighted by Gasteiger charge is -2.19. The summed E-state index contributed by atoms with van der Waals surface area (Å²) >= 11 is 0. The Bertz CT molecular complexity index is 244. The number of rotatable bonds is 3. The molecule has 0 radical (unpaired) electrons. The largest absolute Gasteiger partial charge is 0.479 e. The van der Waals surface area contributed by atoms with E-state index < -0.39 is 12.1 Å². The molecule has 0 saturated carbocycles. The van der Waals surface area contributed by atoms with E-state index in [1.54, 1.807) is 0 Å². The Kier molecular flexibility index (Phi) is 3.26. The monoisotopic (exact) mass is 213 g/mol. The summed E-state index contributed by atoms with van der Waals surface area (Å²) in [5, 5.41) is 8.80. The average molecular weight is 213 g/mol. The fourth-order valence-electron chi connectivity index (χ4n) is 2.50. The van der Waals surface area contributed by atoms with Crippen LogP contribution in [-0.4, -0.2) is 47.8 Å². The zero-order valence-corrected chi connectivity index (χ0v) is 9.19. The van der Waals surface area contributed by atoms with Gasteiger partial charge in [0, 0.05) is 13.1 Å². The highest BCUT2D eigenvalue weighted by Gasteiger charge is 2.32. The molecular formula is C11H19NO3. The van der Waals surface area contributed by atoms with Crippen LogP contribution in [-0.2, 0) is 9.53 Å². The highest BCUT2D eigenvalue weighted by Crippen LogP contribution is 2.23. The highest BCUT2D eigenvalue weighted by atomic mass is 16.5. The molecule has 0 aromatic rings. The van der Waals surface area contributed by atoms with Crippen LogP contribution in [0.25, 0.3) is 0 Å². The standard InChI is InChI=1S/C11H19NO3/c1-8-4-5-12(6-8)7-9-2-3-10(15-9)11(13)14/h8-10H,2-7H2,1H3,(H,13,14). The maximum absolute atomic E-state index is 10.7. The maximum Gasteiger partial charge on any atom is 0.332 e. The molecule has 0 bridgehead atoms. The molecule has 0 spiro atoms. The molecule has 1 N–H and O–H groups in total. The van der Waals surface area contributed by atoms with E-state index in [0.717, 1.165) is 32.0 Å². The van der Waals surface area contributed by atoms with Crippen molar-refractivity contribution >= 4 is 5.97 Å². The zero-order chi connectivity index (χ0) is 10.8. The first-order valence-corrected chi connectivity index (χ1v) is 5.76. The van der Waals surface area contributed by atoms with Gasteiger partial charge in [-0.1, -0.05) is 6.92 Å². The summed E-state index contributed by atoms with van der Waals surface area (Å²) in [4.78, 5) is 13.1. The van der Waals surface area contributed by atoms with Gasteiger partial charge in [0.1, 0.15) is 0 Å². The van der Waals surface area contributed by atoms with Crippen molar-refractivity contribution < 1.29 is 14.6 Å². The van der Waals surface area contributed by atoms with E-state index in [9.17, 15) is 4.79 Å². The van der Waals surface area contributed by atoms with Crippen molar-refractivity contribution in [2.75, 3.05) is 19.6 Å². The lowest BCUT2D eigenvalue weighted by atomic mass is 10.2. The lowest BCUT2D eigenvalue weighted by Crippen LogP contribution is -2.31. The van der Waals surface area contributed by atoms with E-state index in [-0.39, 0.29) is 6.10 Å². The number of carboxylic acids is 1. The minimum Gasteiger partial charge on any atom is -0.479 e. The smallest absolute Gasteiger partial charge is 0.332 e. The van der Waals surface area contributed by atoms with E-state index in [0.29, 0.717) is 6.42 Å². The van der Waals surface area contributed by atoms with Gasteiger partial charge in [-0.05, 0) is 31.7 Å². The number of ether oxygens (including phenoxy) is 1. The van der Waals surface area contributed by atoms with Gasteiger partial charge in [-0.25, -0.2) is 4.79 Å². The molecule has 86 valence electrons. The predicted molar refractivity (Wildman–Crippen MR) is 55.8 cm³/mol. The fraction of sp³-hybridized carbons (Fsp3) is 0.909. The minimum atomic E-state index is -0.813. The number of hydrogen-bond donors (Lipinski definition) is 1. The molecule has 0 aromatic heterocycles. The van der Waals surface area contributed by atoms with Crippen LogP contribution in [0.5, 0.6) is 0 Å². The van der Waals surface area contributed by atoms with Gasteiger partial charge in [-0.3, -0.25) is 0 Å². The Hall–Kier alpha value is -0.610. The third-order valence-electron chi connectivity index (χ3n) is 3.35. The molecule has 0 aliphatic carbocycles. The second-order valence-electron chi connectivity index (χ2n) is 4.82. The molecule has 2 fully saturated rings. The number of hydrogen-bond acceptors (Lipinski definition) is 3. The van der Waals surface area contributed by atoms with Gasteiger partial charge in [0.15, 0.2) is 6.10 Å². The summed E-state index contributed by atoms with van der Waals surface area (Å²) < 4.78 is 5.48. The molecule has 2 rings (SSSR count). The van der Waals surface area contributed by atoms with E-state index in [1.165, 1.54) is 6.42 Å². The third-order valence-corrected chi connectivity index (χ3v) is 3.35. The molecule has 0 amide bonds. The Morgan fingerprint density at radius 1 is 1.47 bits per heavy atom. The van der Waals surface area contributed by atoms with Crippen LogP contribution in [0, 0.1) is 5.92 Å². The van der Waals surface area contributed by atoms with E-state index >= 15 is 0 Å². The van der Waals surface area contributed by atoms with Crippen LogP contribution in [0.2, 0.25) is 0 Å². The van der Waals surface area contributed by atoms with Gasteiger partial charge in [0.25, 0.3) is 0 Å². The van der Waals surface area contributed by atoms with Crippen molar-refractivity contribution in [2.45, 2.75) is 38.4 Å². The van der Waals surface area contributed by atoms with Crippen LogP contribution in [0.15, 0.2) is 0 Å². The summed E-state index contributed by atoms with van der Waals surface area (Å²) in [6.07, 6.45) is 2.40. The molecule has 3 atom stereocenters. The van der Waals surface area contributed by atoms with Gasteiger partial charge < -0.3 is 14.7 Å². The Morgan fingerprint density at radius 3 is 2.80 bits per heavy atom. The summed E-state index contributed by atoms with van der Waals surface area (Å²) in [6.45, 7) is 5.44. The molecule has 2 aliphatic heterocycles. The molecule has 0 aromatic carbocycles. The van der Waals surface area contributed by atoms with Crippen molar-refractivity contribution in [3.8, 4) is 0 Å². The fourth-order valence-corrected chi connectivity index (χ4v) is 2.50. The molecule has 2 heterocycles. The first-order valence-electron chi connectivity index (χ1n) is 5.76. The van der Waals surface area contributed by atoms with Crippen LogP contribution < -0.4 is 0 Å². The molecular weight excluding hydrogens is 194 g/mol. The Balaban J connectivity index is 1.75. The lowest BCUT2D eigenvalue weighted by molar-refractivity contribution is -0.149. The topological polar surface area (TPSA) is 49.8 Å². The van der Waals surface area contributed by atoms with E-state index in [1.807, 2.05) is 0 Å². The molecule has 4 heteroatoms. The van der Waals surface area contributed by atoms with Gasteiger partial charge in [-0.2, -0.15) is 0 Å². The molecule has 15 heavy (non-hydrogen) atoms. The minimum absolute atomic E-state index is 0.136. The van der Waals surface area contributed by atoms with Crippen LogP contribution in [0.1, 0.15) is 26.2 Å². The molecule has 2 saturated heterocycles. The summed E-state index contributed by atoms with van der Waals surface area (Å²) in [7, 11) is 0. The summed E-state index contributed by atoms with van der Waals surface area (Å²) in [5.41, 5.74) is 0. The van der Waals surface area contributed by atoms with E-state index in [4.69, 9.17) is 9.84 Å². The predicted octanol–water partition coefficient (Wildman–Crippen LogP) is 0.960. The average Bonchev–Trinajstić information content (AvgIpc) is 2.76. The quantitative estimate of drug-likeness (QED) is 0.758. The molecule has 2 aliphatic rings. The summed E-state index contributed by atoms with van der Waals surface area (Å²) in [5.74, 6) is -0.0334. The summed E-state index contributed by atoms with van der Waals surface area (Å²) in [6, 6.07) is 0. The third kappa shape index (κ3) is 2.69. The SMILES string of the molecule is CC1CCN(CC2CCC(C(=O)O)O2)C1. The van der Waals surface area contributed by atoms with Crippen LogP contribution in [0.3, 0.4) is 0 Å². The van der Waals surface area contributed by atoms with Crippen molar-refractivity contribution in [2.24, 2.45) is 5.92 Å². The van der Waals surface area contributed by atoms with Gasteiger partial charge in [0.2, 0.25) is 0 Å². The number of carboxylic acid groups (broad SMARTS) is 1. The van der Waals surface area contributed by atoms with E-state index in [2.05, 4.69) is 11.8 Å². The second kappa shape index (κ2) is 4.49. The van der Waals surface area contributed by atoms with Crippen molar-refractivity contribution in [3.05, 3.63) is 0 Å². The first kappa shape index (κ1) is 10.9. The van der Waals surface area contributed by atoms with Gasteiger partial charge in [-0.15, -0.1) is 0 Å². The Labute approximate surface area is 90.2 Å². The van der Waals surface area contributed by atoms with Crippen molar-refractivity contribution in [1.82, 2.24) is 4.90 Å². The van der Waals surface area contributed by atoms with Crippen molar-refractivity contribution in [3.63, 3.8) is 0 Å². The second-order valence-corrected chi connectivity index (χ2v) is 4.82. The highest BCUT2D eigenvalue weighted by molar-refractivity contribution is 5.72. The Morgan fingerprint density at radius 2 is 2.27 bits per heavy atom. The number of aliphatic carboxylic acids is 1. The molecule has 3 unspecified atom stereocenters. The first-order chi connectivity index (χ1) is 7.15. The van der Waals surface area contributed by atoms with Crippen molar-refractivity contribution in [1.29, 1.82) is 0 Å². The molecule has 4 nitrogen and oxygen atoms in total. The number of nitrogens with zero attached hydrogens (tertiary/aromatic N) is 1. The van der Waals surface area contributed by atoms with Crippen LogP contribution in [0.4, 0.5) is 0 Å². The normalized spacial score (nSPS) is 37.3. The van der Waals surface area contributed by atoms with Gasteiger partial charge in [0.05, 0.1) is 6.10 Å².